The van der Waals surface area contributed by atoms with Crippen molar-refractivity contribution in [1.29, 1.82) is 0 Å². The lowest BCUT2D eigenvalue weighted by Crippen LogP contribution is -2.59. The Morgan fingerprint density at radius 2 is 1.89 bits per heavy atom. The van der Waals surface area contributed by atoms with Crippen molar-refractivity contribution in [2.75, 3.05) is 33.3 Å². The van der Waals surface area contributed by atoms with Gasteiger partial charge in [-0.2, -0.15) is 0 Å². The van der Waals surface area contributed by atoms with Crippen LogP contribution in [-0.2, 0) is 19.1 Å². The highest BCUT2D eigenvalue weighted by molar-refractivity contribution is 5.99. The molecule has 3 saturated heterocycles. The van der Waals surface area contributed by atoms with Crippen molar-refractivity contribution in [2.24, 2.45) is 17.8 Å². The third-order valence-corrected chi connectivity index (χ3v) is 8.25. The summed E-state index contributed by atoms with van der Waals surface area (Å²) in [5, 5.41) is 10.3. The third-order valence-electron chi connectivity index (χ3n) is 8.25. The van der Waals surface area contributed by atoms with Gasteiger partial charge in [0.25, 0.3) is 0 Å². The zero-order valence-corrected chi connectivity index (χ0v) is 22.0. The molecule has 3 amide bonds. The second-order valence-electron chi connectivity index (χ2n) is 10.9. The van der Waals surface area contributed by atoms with Crippen LogP contribution >= 0.6 is 0 Å². The second kappa shape index (κ2) is 10.4. The van der Waals surface area contributed by atoms with Crippen molar-refractivity contribution in [2.45, 2.75) is 76.7 Å². The molecule has 0 aliphatic carbocycles. The molecule has 3 fully saturated rings. The average molecular weight is 490 g/mol. The molecule has 1 N–H and O–H groups in total. The summed E-state index contributed by atoms with van der Waals surface area (Å²) in [5.74, 6) is -2.16. The van der Waals surface area contributed by atoms with E-state index in [0.717, 1.165) is 12.8 Å². The largest absolute Gasteiger partial charge is 0.394 e. The molecule has 8 nitrogen and oxygen atoms in total. The maximum atomic E-state index is 14.2. The lowest BCUT2D eigenvalue weighted by Gasteiger charge is -2.40. The monoisotopic (exact) mass is 489 g/mol. The number of likely N-dealkylation sites (tertiary alicyclic amines) is 1. The summed E-state index contributed by atoms with van der Waals surface area (Å²) in [6, 6.07) is -1.44. The Labute approximate surface area is 210 Å². The van der Waals surface area contributed by atoms with Crippen molar-refractivity contribution in [3.63, 3.8) is 0 Å². The van der Waals surface area contributed by atoms with Crippen LogP contribution in [-0.4, -0.2) is 94.1 Å². The number of fused-ring (bicyclic) bond motifs is 1. The summed E-state index contributed by atoms with van der Waals surface area (Å²) in [7, 11) is 1.70. The van der Waals surface area contributed by atoms with Gasteiger partial charge in [-0.3, -0.25) is 14.4 Å². The van der Waals surface area contributed by atoms with E-state index < -0.39 is 35.1 Å². The number of aliphatic hydroxyl groups excluding tert-OH is 1. The third kappa shape index (κ3) is 4.33. The highest BCUT2D eigenvalue weighted by atomic mass is 16.5. The number of hydrogen-bond acceptors (Lipinski definition) is 5. The lowest BCUT2D eigenvalue weighted by atomic mass is 9.66. The molecule has 6 atom stereocenters. The van der Waals surface area contributed by atoms with E-state index in [2.05, 4.69) is 20.1 Å². The summed E-state index contributed by atoms with van der Waals surface area (Å²) in [6.07, 6.45) is 6.22. The summed E-state index contributed by atoms with van der Waals surface area (Å²) in [6.45, 7) is 16.4. The Morgan fingerprint density at radius 1 is 1.23 bits per heavy atom. The number of aliphatic hydroxyl groups is 1. The molecule has 0 radical (unpaired) electrons. The van der Waals surface area contributed by atoms with Gasteiger partial charge < -0.3 is 24.5 Å². The molecule has 3 aliphatic heterocycles. The SMILES string of the molecule is C=CCN(C)C(=O)[C@@H]1[C@H]2C(=O)N([C@@H](CO)C(C)C)C(C(=O)N(CC=C)CCCC)C23CC[C@@]1(C)O3. The van der Waals surface area contributed by atoms with Crippen LogP contribution in [0.2, 0.25) is 0 Å². The van der Waals surface area contributed by atoms with Gasteiger partial charge in [0, 0.05) is 26.7 Å². The topological polar surface area (TPSA) is 90.4 Å². The molecule has 8 heteroatoms. The first kappa shape index (κ1) is 27.4. The number of ether oxygens (including phenoxy) is 1. The number of nitrogens with zero attached hydrogens (tertiary/aromatic N) is 3. The van der Waals surface area contributed by atoms with Crippen molar-refractivity contribution in [3.05, 3.63) is 25.3 Å². The van der Waals surface area contributed by atoms with Crippen LogP contribution in [0.4, 0.5) is 0 Å². The van der Waals surface area contributed by atoms with Crippen LogP contribution in [0.1, 0.15) is 53.4 Å². The molecule has 3 rings (SSSR count). The maximum absolute atomic E-state index is 14.2. The fraction of sp³-hybridized carbons (Fsp3) is 0.741. The Balaban J connectivity index is 2.13. The van der Waals surface area contributed by atoms with Gasteiger partial charge in [-0.15, -0.1) is 13.2 Å². The van der Waals surface area contributed by atoms with E-state index in [-0.39, 0.29) is 30.2 Å². The fourth-order valence-corrected chi connectivity index (χ4v) is 6.49. The molecule has 3 heterocycles. The standard InChI is InChI=1S/C27H43N3O5/c1-8-11-16-29(15-10-3)25(34)22-27-13-12-26(6,35-27)20(23(32)28(7)14-9-2)21(27)24(33)30(22)19(17-31)18(4)5/h9-10,18-22,31H,2-3,8,11-17H2,1,4-7H3/t19-,20-,21-,22?,26+,27?/m0/s1. The smallest absolute Gasteiger partial charge is 0.248 e. The Morgan fingerprint density at radius 3 is 2.43 bits per heavy atom. The number of hydrogen-bond donors (Lipinski definition) is 1. The number of unbranched alkanes of at least 4 members (excludes halogenated alkanes) is 1. The van der Waals surface area contributed by atoms with E-state index in [1.807, 2.05) is 20.8 Å². The summed E-state index contributed by atoms with van der Waals surface area (Å²) >= 11 is 0. The minimum Gasteiger partial charge on any atom is -0.394 e. The molecule has 0 aromatic carbocycles. The number of likely N-dealkylation sites (N-methyl/N-ethyl adjacent to an activating group) is 1. The van der Waals surface area contributed by atoms with Gasteiger partial charge in [-0.25, -0.2) is 0 Å². The zero-order valence-electron chi connectivity index (χ0n) is 22.0. The molecule has 1 spiro atoms. The van der Waals surface area contributed by atoms with Gasteiger partial charge in [0.2, 0.25) is 17.7 Å². The molecular weight excluding hydrogens is 446 g/mol. The van der Waals surface area contributed by atoms with Crippen LogP contribution in [0.25, 0.3) is 0 Å². The Hall–Kier alpha value is -2.19. The number of carbonyl (C=O) groups excluding carboxylic acids is 3. The predicted molar refractivity (Wildman–Crippen MR) is 134 cm³/mol. The molecule has 0 saturated carbocycles. The molecule has 0 aromatic heterocycles. The molecule has 0 aromatic rings. The van der Waals surface area contributed by atoms with Gasteiger partial charge >= 0.3 is 0 Å². The van der Waals surface area contributed by atoms with Crippen molar-refractivity contribution in [3.8, 4) is 0 Å². The van der Waals surface area contributed by atoms with Crippen LogP contribution in [0.5, 0.6) is 0 Å². The predicted octanol–water partition coefficient (Wildman–Crippen LogP) is 2.23. The quantitative estimate of drug-likeness (QED) is 0.425. The molecule has 196 valence electrons. The normalized spacial score (nSPS) is 32.0. The van der Waals surface area contributed by atoms with Crippen LogP contribution < -0.4 is 0 Å². The maximum Gasteiger partial charge on any atom is 0.248 e. The first-order valence-corrected chi connectivity index (χ1v) is 12.9. The van der Waals surface area contributed by atoms with E-state index in [9.17, 15) is 19.5 Å². The van der Waals surface area contributed by atoms with E-state index in [1.165, 1.54) is 0 Å². The van der Waals surface area contributed by atoms with E-state index in [0.29, 0.717) is 32.5 Å². The Kier molecular flexibility index (Phi) is 8.16. The number of amides is 3. The van der Waals surface area contributed by atoms with Crippen LogP contribution in [0.3, 0.4) is 0 Å². The first-order chi connectivity index (χ1) is 16.5. The van der Waals surface area contributed by atoms with E-state index in [4.69, 9.17) is 4.74 Å². The second-order valence-corrected chi connectivity index (χ2v) is 10.9. The minimum absolute atomic E-state index is 0.0802. The molecule has 35 heavy (non-hydrogen) atoms. The highest BCUT2D eigenvalue weighted by Gasteiger charge is 2.78. The molecular formula is C27H43N3O5. The Bertz CT molecular complexity index is 860. The van der Waals surface area contributed by atoms with Crippen molar-refractivity contribution in [1.82, 2.24) is 14.7 Å². The highest BCUT2D eigenvalue weighted by Crippen LogP contribution is 2.64. The first-order valence-electron chi connectivity index (χ1n) is 12.9. The van der Waals surface area contributed by atoms with Crippen molar-refractivity contribution < 1.29 is 24.2 Å². The number of rotatable bonds is 12. The molecule has 2 unspecified atom stereocenters. The average Bonchev–Trinajstić information content (AvgIpc) is 3.37. The number of carbonyl (C=O) groups is 3. The molecule has 3 aliphatic rings. The zero-order chi connectivity index (χ0) is 26.1. The van der Waals surface area contributed by atoms with E-state index >= 15 is 0 Å². The summed E-state index contributed by atoms with van der Waals surface area (Å²) in [5.41, 5.74) is -1.91. The van der Waals surface area contributed by atoms with Gasteiger partial charge in [0.15, 0.2) is 0 Å². The van der Waals surface area contributed by atoms with Gasteiger partial charge in [-0.1, -0.05) is 39.3 Å². The van der Waals surface area contributed by atoms with Gasteiger partial charge in [-0.05, 0) is 32.1 Å². The van der Waals surface area contributed by atoms with Gasteiger partial charge in [0.05, 0.1) is 30.1 Å². The van der Waals surface area contributed by atoms with Crippen LogP contribution in [0, 0.1) is 17.8 Å². The summed E-state index contributed by atoms with van der Waals surface area (Å²) < 4.78 is 6.68. The lowest BCUT2D eigenvalue weighted by molar-refractivity contribution is -0.157. The fourth-order valence-electron chi connectivity index (χ4n) is 6.49. The van der Waals surface area contributed by atoms with E-state index in [1.54, 1.807) is 33.9 Å². The van der Waals surface area contributed by atoms with Gasteiger partial charge in [0.1, 0.15) is 11.6 Å². The van der Waals surface area contributed by atoms with Crippen LogP contribution in [0.15, 0.2) is 25.3 Å². The minimum atomic E-state index is -1.09. The summed E-state index contributed by atoms with van der Waals surface area (Å²) in [4.78, 5) is 46.9. The molecule has 2 bridgehead atoms. The van der Waals surface area contributed by atoms with Crippen molar-refractivity contribution >= 4 is 17.7 Å².